The number of hydrogen-bond acceptors (Lipinski definition) is 6. The Morgan fingerprint density at radius 1 is 1.03 bits per heavy atom. The van der Waals surface area contributed by atoms with E-state index >= 15 is 0 Å². The van der Waals surface area contributed by atoms with Crippen LogP contribution in [-0.4, -0.2) is 76.3 Å². The van der Waals surface area contributed by atoms with Crippen LogP contribution in [0.4, 0.5) is 4.79 Å². The molecule has 9 nitrogen and oxygen atoms in total. The van der Waals surface area contributed by atoms with Crippen LogP contribution >= 0.6 is 0 Å². The summed E-state index contributed by atoms with van der Waals surface area (Å²) in [4.78, 5) is 33.9. The summed E-state index contributed by atoms with van der Waals surface area (Å²) in [6, 6.07) is 11.3. The van der Waals surface area contributed by atoms with Crippen LogP contribution in [-0.2, 0) is 10.2 Å². The number of fused-ring (bicyclic) bond motifs is 1. The second-order valence-corrected chi connectivity index (χ2v) is 9.29. The molecule has 1 aliphatic rings. The van der Waals surface area contributed by atoms with Crippen LogP contribution in [0.15, 0.2) is 36.4 Å². The van der Waals surface area contributed by atoms with Gasteiger partial charge in [-0.3, -0.25) is 4.79 Å². The van der Waals surface area contributed by atoms with E-state index in [4.69, 9.17) is 19.6 Å². The molecule has 2 aromatic heterocycles. The lowest BCUT2D eigenvalue weighted by Gasteiger charge is -2.34. The third kappa shape index (κ3) is 4.69. The second kappa shape index (κ2) is 9.32. The fraction of sp³-hybridized carbons (Fsp3) is 0.440. The van der Waals surface area contributed by atoms with Crippen LogP contribution in [0.25, 0.3) is 16.9 Å². The highest BCUT2D eigenvalue weighted by molar-refractivity contribution is 5.94. The fourth-order valence-electron chi connectivity index (χ4n) is 3.89. The maximum atomic E-state index is 13.7. The first-order chi connectivity index (χ1) is 16.2. The van der Waals surface area contributed by atoms with Gasteiger partial charge in [-0.15, -0.1) is 0 Å². The average molecular weight is 466 g/mol. The molecule has 3 heterocycles. The zero-order chi connectivity index (χ0) is 24.5. The van der Waals surface area contributed by atoms with Crippen molar-refractivity contribution in [3.63, 3.8) is 0 Å². The first kappa shape index (κ1) is 23.5. The molecular weight excluding hydrogens is 434 g/mol. The van der Waals surface area contributed by atoms with Gasteiger partial charge in [0.2, 0.25) is 0 Å². The minimum absolute atomic E-state index is 0.149. The van der Waals surface area contributed by atoms with E-state index in [1.165, 1.54) is 0 Å². The third-order valence-corrected chi connectivity index (χ3v) is 5.87. The predicted molar refractivity (Wildman–Crippen MR) is 128 cm³/mol. The summed E-state index contributed by atoms with van der Waals surface area (Å²) in [6.45, 7) is 10.0. The minimum atomic E-state index is -0.344. The molecular formula is C25H31N5O4. The van der Waals surface area contributed by atoms with Crippen molar-refractivity contribution >= 4 is 17.6 Å². The van der Waals surface area contributed by atoms with E-state index in [1.807, 2.05) is 30.3 Å². The summed E-state index contributed by atoms with van der Waals surface area (Å²) in [7, 11) is 1.62. The van der Waals surface area contributed by atoms with E-state index in [1.54, 1.807) is 34.4 Å². The monoisotopic (exact) mass is 465 g/mol. The van der Waals surface area contributed by atoms with E-state index in [0.29, 0.717) is 55.6 Å². The van der Waals surface area contributed by atoms with Crippen LogP contribution in [0.3, 0.4) is 0 Å². The Kier molecular flexibility index (Phi) is 6.45. The molecule has 3 aromatic rings. The Bertz CT molecular complexity index is 1210. The molecule has 1 aliphatic heterocycles. The van der Waals surface area contributed by atoms with Gasteiger partial charge in [0.05, 0.1) is 25.1 Å². The van der Waals surface area contributed by atoms with Crippen molar-refractivity contribution in [2.75, 3.05) is 39.9 Å². The van der Waals surface area contributed by atoms with Crippen LogP contribution in [0.2, 0.25) is 0 Å². The maximum Gasteiger partial charge on any atom is 0.409 e. The average Bonchev–Trinajstić information content (AvgIpc) is 3.28. The molecule has 0 bridgehead atoms. The van der Waals surface area contributed by atoms with Gasteiger partial charge in [-0.05, 0) is 25.1 Å². The number of carbonyl (C=O) groups is 2. The van der Waals surface area contributed by atoms with Gasteiger partial charge in [0, 0.05) is 43.2 Å². The SMILES string of the molecule is CCOC(=O)N1CCN(C(=O)c2cc(-c3cccc(OC)c3)nc3cc(C(C)(C)C)nn23)CC1. The van der Waals surface area contributed by atoms with E-state index < -0.39 is 0 Å². The second-order valence-electron chi connectivity index (χ2n) is 9.29. The summed E-state index contributed by atoms with van der Waals surface area (Å²) < 4.78 is 12.1. The molecule has 0 radical (unpaired) electrons. The number of aromatic nitrogens is 3. The van der Waals surface area contributed by atoms with Crippen molar-refractivity contribution < 1.29 is 19.1 Å². The quantitative estimate of drug-likeness (QED) is 0.585. The summed E-state index contributed by atoms with van der Waals surface area (Å²) in [6.07, 6.45) is -0.344. The molecule has 34 heavy (non-hydrogen) atoms. The fourth-order valence-corrected chi connectivity index (χ4v) is 3.89. The van der Waals surface area contributed by atoms with Crippen molar-refractivity contribution in [3.05, 3.63) is 47.8 Å². The van der Waals surface area contributed by atoms with Crippen LogP contribution < -0.4 is 4.74 Å². The predicted octanol–water partition coefficient (Wildman–Crippen LogP) is 3.62. The molecule has 0 spiro atoms. The summed E-state index contributed by atoms with van der Waals surface area (Å²) in [5, 5.41) is 4.73. The van der Waals surface area contributed by atoms with Crippen molar-refractivity contribution in [2.24, 2.45) is 0 Å². The van der Waals surface area contributed by atoms with Crippen LogP contribution in [0.5, 0.6) is 5.75 Å². The normalized spacial score (nSPS) is 14.4. The van der Waals surface area contributed by atoms with Crippen molar-refractivity contribution in [3.8, 4) is 17.0 Å². The van der Waals surface area contributed by atoms with Gasteiger partial charge >= 0.3 is 6.09 Å². The van der Waals surface area contributed by atoms with E-state index in [2.05, 4.69) is 20.8 Å². The van der Waals surface area contributed by atoms with E-state index in [0.717, 1.165) is 11.3 Å². The van der Waals surface area contributed by atoms with Crippen molar-refractivity contribution in [1.29, 1.82) is 0 Å². The zero-order valence-corrected chi connectivity index (χ0v) is 20.4. The Labute approximate surface area is 199 Å². The molecule has 1 fully saturated rings. The minimum Gasteiger partial charge on any atom is -0.497 e. The lowest BCUT2D eigenvalue weighted by Crippen LogP contribution is -2.51. The lowest BCUT2D eigenvalue weighted by molar-refractivity contribution is 0.0563. The van der Waals surface area contributed by atoms with Gasteiger partial charge in [0.15, 0.2) is 5.65 Å². The molecule has 1 saturated heterocycles. The highest BCUT2D eigenvalue weighted by Gasteiger charge is 2.28. The molecule has 0 N–H and O–H groups in total. The molecule has 9 heteroatoms. The molecule has 0 aliphatic carbocycles. The van der Waals surface area contributed by atoms with Gasteiger partial charge in [-0.25, -0.2) is 14.3 Å². The summed E-state index contributed by atoms with van der Waals surface area (Å²) in [5.74, 6) is 0.564. The van der Waals surface area contributed by atoms with Crippen molar-refractivity contribution in [1.82, 2.24) is 24.4 Å². The number of rotatable bonds is 4. The summed E-state index contributed by atoms with van der Waals surface area (Å²) in [5.41, 5.74) is 3.21. The number of piperazine rings is 1. The Morgan fingerprint density at radius 3 is 2.38 bits per heavy atom. The maximum absolute atomic E-state index is 13.7. The van der Waals surface area contributed by atoms with E-state index in [-0.39, 0.29) is 17.4 Å². The number of benzene rings is 1. The number of methoxy groups -OCH3 is 1. The van der Waals surface area contributed by atoms with Gasteiger partial charge < -0.3 is 19.3 Å². The van der Waals surface area contributed by atoms with Gasteiger partial charge in [0.1, 0.15) is 11.4 Å². The Hall–Kier alpha value is -3.62. The van der Waals surface area contributed by atoms with E-state index in [9.17, 15) is 9.59 Å². The smallest absolute Gasteiger partial charge is 0.409 e. The largest absolute Gasteiger partial charge is 0.497 e. The third-order valence-electron chi connectivity index (χ3n) is 5.87. The lowest BCUT2D eigenvalue weighted by atomic mass is 9.93. The number of ether oxygens (including phenoxy) is 2. The highest BCUT2D eigenvalue weighted by Crippen LogP contribution is 2.27. The standard InChI is InChI=1S/C25H31N5O4/c1-6-34-24(32)29-12-10-28(11-13-29)23(31)20-15-19(17-8-7-9-18(14-17)33-5)26-22-16-21(25(2,3)4)27-30(20)22/h7-9,14-16H,6,10-13H2,1-5H3. The number of nitrogens with zero attached hydrogens (tertiary/aromatic N) is 5. The number of carbonyl (C=O) groups excluding carboxylic acids is 2. The topological polar surface area (TPSA) is 89.3 Å². The Balaban J connectivity index is 1.72. The molecule has 0 unspecified atom stereocenters. The van der Waals surface area contributed by atoms with Gasteiger partial charge in [-0.2, -0.15) is 5.10 Å². The first-order valence-corrected chi connectivity index (χ1v) is 11.5. The van der Waals surface area contributed by atoms with Crippen LogP contribution in [0.1, 0.15) is 43.9 Å². The first-order valence-electron chi connectivity index (χ1n) is 11.5. The zero-order valence-electron chi connectivity index (χ0n) is 20.4. The molecule has 0 atom stereocenters. The summed E-state index contributed by atoms with van der Waals surface area (Å²) >= 11 is 0. The molecule has 0 saturated carbocycles. The van der Waals surface area contributed by atoms with Crippen molar-refractivity contribution in [2.45, 2.75) is 33.1 Å². The number of hydrogen-bond donors (Lipinski definition) is 0. The van der Waals surface area contributed by atoms with Gasteiger partial charge in [0.25, 0.3) is 5.91 Å². The molecule has 2 amide bonds. The van der Waals surface area contributed by atoms with Crippen LogP contribution in [0, 0.1) is 0 Å². The van der Waals surface area contributed by atoms with Gasteiger partial charge in [-0.1, -0.05) is 32.9 Å². The number of amides is 2. The molecule has 180 valence electrons. The molecule has 1 aromatic carbocycles. The Morgan fingerprint density at radius 2 is 1.74 bits per heavy atom. The molecule has 4 rings (SSSR count). The highest BCUT2D eigenvalue weighted by atomic mass is 16.6.